The molecule has 1 fully saturated rings. The lowest BCUT2D eigenvalue weighted by atomic mass is 9.84. The van der Waals surface area contributed by atoms with Gasteiger partial charge >= 0.3 is 11.9 Å². The van der Waals surface area contributed by atoms with E-state index >= 15 is 0 Å². The molecule has 18 heavy (non-hydrogen) atoms. The van der Waals surface area contributed by atoms with Crippen LogP contribution in [0.3, 0.4) is 0 Å². The zero-order valence-corrected chi connectivity index (χ0v) is 11.1. The summed E-state index contributed by atoms with van der Waals surface area (Å²) in [5, 5.41) is 0. The normalized spacial score (nSPS) is 23.2. The van der Waals surface area contributed by atoms with Crippen molar-refractivity contribution in [3.63, 3.8) is 0 Å². The third-order valence-corrected chi connectivity index (χ3v) is 3.25. The van der Waals surface area contributed by atoms with E-state index < -0.39 is 17.9 Å². The van der Waals surface area contributed by atoms with Gasteiger partial charge in [0.1, 0.15) is 5.78 Å². The predicted octanol–water partition coefficient (Wildman–Crippen LogP) is 1.34. The van der Waals surface area contributed by atoms with Crippen LogP contribution in [0.5, 0.6) is 0 Å². The van der Waals surface area contributed by atoms with Crippen molar-refractivity contribution < 1.29 is 23.9 Å². The van der Waals surface area contributed by atoms with Gasteiger partial charge in [-0.1, -0.05) is 6.92 Å². The topological polar surface area (TPSA) is 69.7 Å². The molecular weight excluding hydrogens is 236 g/mol. The van der Waals surface area contributed by atoms with Crippen molar-refractivity contribution in [3.05, 3.63) is 0 Å². The van der Waals surface area contributed by atoms with E-state index in [1.165, 1.54) is 0 Å². The van der Waals surface area contributed by atoms with Crippen LogP contribution in [0.4, 0.5) is 0 Å². The summed E-state index contributed by atoms with van der Waals surface area (Å²) in [6.45, 7) is 5.67. The lowest BCUT2D eigenvalue weighted by Gasteiger charge is -2.22. The maximum Gasteiger partial charge on any atom is 0.320 e. The van der Waals surface area contributed by atoms with Gasteiger partial charge in [-0.2, -0.15) is 0 Å². The number of ketones is 1. The average Bonchev–Trinajstić information content (AvgIpc) is 2.59. The van der Waals surface area contributed by atoms with Crippen LogP contribution in [0.25, 0.3) is 0 Å². The summed E-state index contributed by atoms with van der Waals surface area (Å²) in [6, 6.07) is 0. The zero-order valence-electron chi connectivity index (χ0n) is 11.1. The molecule has 0 saturated heterocycles. The van der Waals surface area contributed by atoms with Crippen LogP contribution in [-0.4, -0.2) is 30.9 Å². The molecule has 2 unspecified atom stereocenters. The zero-order chi connectivity index (χ0) is 13.7. The minimum atomic E-state index is -0.966. The molecule has 1 rings (SSSR count). The van der Waals surface area contributed by atoms with Crippen molar-refractivity contribution >= 4 is 17.7 Å². The van der Waals surface area contributed by atoms with Crippen LogP contribution in [-0.2, 0) is 23.9 Å². The Balaban J connectivity index is 2.86. The Labute approximate surface area is 107 Å². The summed E-state index contributed by atoms with van der Waals surface area (Å²) in [4.78, 5) is 35.2. The first-order valence-electron chi connectivity index (χ1n) is 6.36. The van der Waals surface area contributed by atoms with Gasteiger partial charge < -0.3 is 9.47 Å². The number of esters is 2. The van der Waals surface area contributed by atoms with Gasteiger partial charge in [0.05, 0.1) is 13.2 Å². The van der Waals surface area contributed by atoms with Crippen molar-refractivity contribution in [1.29, 1.82) is 0 Å². The molecule has 0 amide bonds. The van der Waals surface area contributed by atoms with Gasteiger partial charge in [-0.05, 0) is 25.7 Å². The Hall–Kier alpha value is -1.39. The van der Waals surface area contributed by atoms with Crippen LogP contribution in [0.2, 0.25) is 0 Å². The molecule has 0 heterocycles. The number of hydrogen-bond acceptors (Lipinski definition) is 5. The lowest BCUT2D eigenvalue weighted by molar-refractivity contribution is -0.165. The highest BCUT2D eigenvalue weighted by Gasteiger charge is 2.44. The van der Waals surface area contributed by atoms with Crippen LogP contribution < -0.4 is 0 Å². The maximum atomic E-state index is 11.9. The number of Topliss-reactive ketones (excluding diaryl/α,β-unsaturated/α-hetero) is 1. The van der Waals surface area contributed by atoms with Crippen molar-refractivity contribution in [2.24, 2.45) is 17.8 Å². The quantitative estimate of drug-likeness (QED) is 0.548. The number of hydrogen-bond donors (Lipinski definition) is 0. The van der Waals surface area contributed by atoms with E-state index in [4.69, 9.17) is 9.47 Å². The standard InChI is InChI=1S/C13H20O5/c1-4-17-12(15)11(13(16)18-5-2)10-7-9(14)6-8(10)3/h8,10-11H,4-7H2,1-3H3. The van der Waals surface area contributed by atoms with Gasteiger partial charge in [-0.3, -0.25) is 14.4 Å². The summed E-state index contributed by atoms with van der Waals surface area (Å²) >= 11 is 0. The van der Waals surface area contributed by atoms with Crippen LogP contribution in [0.15, 0.2) is 0 Å². The predicted molar refractivity (Wildman–Crippen MR) is 63.7 cm³/mol. The first-order chi connectivity index (χ1) is 8.51. The Morgan fingerprint density at radius 3 is 2.00 bits per heavy atom. The highest BCUT2D eigenvalue weighted by molar-refractivity contribution is 5.96. The molecule has 1 saturated carbocycles. The second kappa shape index (κ2) is 6.52. The van der Waals surface area contributed by atoms with Crippen molar-refractivity contribution in [3.8, 4) is 0 Å². The fourth-order valence-electron chi connectivity index (χ4n) is 2.41. The Bertz CT molecular complexity index is 318. The third kappa shape index (κ3) is 3.31. The minimum Gasteiger partial charge on any atom is -0.465 e. The molecule has 5 heteroatoms. The van der Waals surface area contributed by atoms with Crippen molar-refractivity contribution in [1.82, 2.24) is 0 Å². The molecule has 2 atom stereocenters. The molecule has 1 aliphatic carbocycles. The van der Waals surface area contributed by atoms with E-state index in [0.717, 1.165) is 0 Å². The lowest BCUT2D eigenvalue weighted by Crippen LogP contribution is -2.35. The molecule has 0 aromatic heterocycles. The maximum absolute atomic E-state index is 11.9. The second-order valence-corrected chi connectivity index (χ2v) is 4.57. The molecule has 0 spiro atoms. The largest absolute Gasteiger partial charge is 0.465 e. The molecule has 1 aliphatic rings. The van der Waals surface area contributed by atoms with Crippen LogP contribution in [0, 0.1) is 17.8 Å². The van der Waals surface area contributed by atoms with E-state index in [9.17, 15) is 14.4 Å². The van der Waals surface area contributed by atoms with Crippen molar-refractivity contribution in [2.45, 2.75) is 33.6 Å². The van der Waals surface area contributed by atoms with Gasteiger partial charge in [-0.25, -0.2) is 0 Å². The molecule has 0 aromatic carbocycles. The van der Waals surface area contributed by atoms with Gasteiger partial charge in [-0.15, -0.1) is 0 Å². The summed E-state index contributed by atoms with van der Waals surface area (Å²) in [5.41, 5.74) is 0. The highest BCUT2D eigenvalue weighted by atomic mass is 16.6. The fourth-order valence-corrected chi connectivity index (χ4v) is 2.41. The van der Waals surface area contributed by atoms with E-state index in [-0.39, 0.29) is 37.3 Å². The van der Waals surface area contributed by atoms with Crippen molar-refractivity contribution in [2.75, 3.05) is 13.2 Å². The van der Waals surface area contributed by atoms with Gasteiger partial charge in [0.15, 0.2) is 5.92 Å². The molecule has 0 N–H and O–H groups in total. The monoisotopic (exact) mass is 256 g/mol. The van der Waals surface area contributed by atoms with Gasteiger partial charge in [0.2, 0.25) is 0 Å². The molecule has 0 radical (unpaired) electrons. The minimum absolute atomic E-state index is 0.0105. The van der Waals surface area contributed by atoms with E-state index in [1.807, 2.05) is 6.92 Å². The van der Waals surface area contributed by atoms with E-state index in [2.05, 4.69) is 0 Å². The molecule has 5 nitrogen and oxygen atoms in total. The number of ether oxygens (including phenoxy) is 2. The Morgan fingerprint density at radius 2 is 1.67 bits per heavy atom. The van der Waals surface area contributed by atoms with Crippen LogP contribution >= 0.6 is 0 Å². The van der Waals surface area contributed by atoms with Gasteiger partial charge in [0, 0.05) is 12.8 Å². The number of carbonyl (C=O) groups excluding carboxylic acids is 3. The first kappa shape index (κ1) is 14.7. The molecular formula is C13H20O5. The van der Waals surface area contributed by atoms with E-state index in [0.29, 0.717) is 6.42 Å². The Kier molecular flexibility index (Phi) is 5.31. The summed E-state index contributed by atoms with van der Waals surface area (Å²) in [5.74, 6) is -2.32. The molecule has 0 aromatic rings. The summed E-state index contributed by atoms with van der Waals surface area (Å²) < 4.78 is 9.83. The van der Waals surface area contributed by atoms with E-state index in [1.54, 1.807) is 13.8 Å². The second-order valence-electron chi connectivity index (χ2n) is 4.57. The third-order valence-electron chi connectivity index (χ3n) is 3.25. The Morgan fingerprint density at radius 1 is 1.17 bits per heavy atom. The van der Waals surface area contributed by atoms with Gasteiger partial charge in [0.25, 0.3) is 0 Å². The SMILES string of the molecule is CCOC(=O)C(C(=O)OCC)C1CC(=O)CC1C. The van der Waals surface area contributed by atoms with Crippen LogP contribution in [0.1, 0.15) is 33.6 Å². The fraction of sp³-hybridized carbons (Fsp3) is 0.769. The molecule has 0 bridgehead atoms. The molecule has 0 aliphatic heterocycles. The number of carbonyl (C=O) groups is 3. The summed E-state index contributed by atoms with van der Waals surface area (Å²) in [6.07, 6.45) is 0.670. The molecule has 102 valence electrons. The smallest absolute Gasteiger partial charge is 0.320 e. The summed E-state index contributed by atoms with van der Waals surface area (Å²) in [7, 11) is 0. The first-order valence-corrected chi connectivity index (χ1v) is 6.36. The number of rotatable bonds is 5. The average molecular weight is 256 g/mol. The highest BCUT2D eigenvalue weighted by Crippen LogP contribution is 2.36.